The average molecular weight is 380 g/mol. The van der Waals surface area contributed by atoms with Crippen LogP contribution < -0.4 is 4.90 Å². The molecule has 6 heteroatoms. The second-order valence-corrected chi connectivity index (χ2v) is 8.41. The number of hydrogen-bond donors (Lipinski definition) is 0. The Morgan fingerprint density at radius 2 is 1.71 bits per heavy atom. The molecule has 0 aliphatic carbocycles. The first-order valence-corrected chi connectivity index (χ1v) is 9.96. The second kappa shape index (κ2) is 7.08. The first kappa shape index (κ1) is 18.7. The number of carbonyl (C=O) groups is 1. The van der Waals surface area contributed by atoms with Crippen molar-refractivity contribution in [3.63, 3.8) is 0 Å². The van der Waals surface area contributed by atoms with E-state index in [1.807, 2.05) is 34.0 Å². The molecule has 2 amide bonds. The number of benzene rings is 1. The smallest absolute Gasteiger partial charge is 0.320 e. The Labute approximate surface area is 167 Å². The van der Waals surface area contributed by atoms with E-state index >= 15 is 0 Å². The Hall–Kier alpha value is -2.63. The predicted molar refractivity (Wildman–Crippen MR) is 110 cm³/mol. The molecule has 2 saturated heterocycles. The van der Waals surface area contributed by atoms with Crippen LogP contribution in [0.25, 0.3) is 0 Å². The SMILES string of the molecule is Cc1cc(C)nc(N2C[C@@H]3CN(C(=O)N(C)C)[C@@H](c4ccccc4C)[C@@H]3C2)n1. The number of anilines is 1. The molecular formula is C22H29N5O. The van der Waals surface area contributed by atoms with Gasteiger partial charge in [-0.15, -0.1) is 0 Å². The van der Waals surface area contributed by atoms with Gasteiger partial charge in [-0.25, -0.2) is 14.8 Å². The molecule has 0 saturated carbocycles. The third kappa shape index (κ3) is 3.21. The minimum atomic E-state index is 0.0943. The number of nitrogens with zero attached hydrogens (tertiary/aromatic N) is 5. The Morgan fingerprint density at radius 1 is 1.04 bits per heavy atom. The van der Waals surface area contributed by atoms with E-state index in [9.17, 15) is 4.79 Å². The highest BCUT2D eigenvalue weighted by atomic mass is 16.2. The summed E-state index contributed by atoms with van der Waals surface area (Å²) < 4.78 is 0. The van der Waals surface area contributed by atoms with Crippen molar-refractivity contribution in [1.29, 1.82) is 0 Å². The number of urea groups is 1. The molecule has 1 aromatic heterocycles. The van der Waals surface area contributed by atoms with Crippen LogP contribution in [0.5, 0.6) is 0 Å². The van der Waals surface area contributed by atoms with Crippen molar-refractivity contribution in [2.24, 2.45) is 11.8 Å². The second-order valence-electron chi connectivity index (χ2n) is 8.41. The molecule has 0 unspecified atom stereocenters. The highest BCUT2D eigenvalue weighted by Crippen LogP contribution is 2.46. The fourth-order valence-corrected chi connectivity index (χ4v) is 4.83. The van der Waals surface area contributed by atoms with E-state index in [2.05, 4.69) is 51.0 Å². The summed E-state index contributed by atoms with van der Waals surface area (Å²) >= 11 is 0. The number of aromatic nitrogens is 2. The highest BCUT2D eigenvalue weighted by Gasteiger charge is 2.50. The van der Waals surface area contributed by atoms with Crippen LogP contribution in [0.1, 0.15) is 28.6 Å². The summed E-state index contributed by atoms with van der Waals surface area (Å²) in [6.45, 7) is 8.73. The largest absolute Gasteiger partial charge is 0.340 e. The van der Waals surface area contributed by atoms with Crippen LogP contribution in [0.15, 0.2) is 30.3 Å². The predicted octanol–water partition coefficient (Wildman–Crippen LogP) is 3.19. The summed E-state index contributed by atoms with van der Waals surface area (Å²) in [6.07, 6.45) is 0. The number of hydrogen-bond acceptors (Lipinski definition) is 4. The van der Waals surface area contributed by atoms with Crippen molar-refractivity contribution in [1.82, 2.24) is 19.8 Å². The molecule has 2 aromatic rings. The van der Waals surface area contributed by atoms with E-state index < -0.39 is 0 Å². The van der Waals surface area contributed by atoms with Crippen molar-refractivity contribution in [3.8, 4) is 0 Å². The third-order valence-electron chi connectivity index (χ3n) is 6.05. The Morgan fingerprint density at radius 3 is 2.36 bits per heavy atom. The molecule has 0 N–H and O–H groups in total. The average Bonchev–Trinajstić information content (AvgIpc) is 3.18. The van der Waals surface area contributed by atoms with E-state index in [0.717, 1.165) is 37.0 Å². The molecule has 4 rings (SSSR count). The maximum atomic E-state index is 12.9. The summed E-state index contributed by atoms with van der Waals surface area (Å²) in [4.78, 5) is 28.3. The van der Waals surface area contributed by atoms with Gasteiger partial charge in [-0.2, -0.15) is 0 Å². The van der Waals surface area contributed by atoms with Gasteiger partial charge >= 0.3 is 6.03 Å². The first-order valence-electron chi connectivity index (χ1n) is 9.96. The first-order chi connectivity index (χ1) is 13.3. The molecule has 0 radical (unpaired) electrons. The number of amides is 2. The number of aryl methyl sites for hydroxylation is 3. The molecule has 28 heavy (non-hydrogen) atoms. The van der Waals surface area contributed by atoms with E-state index in [0.29, 0.717) is 11.8 Å². The van der Waals surface area contributed by atoms with Gasteiger partial charge in [0.05, 0.1) is 6.04 Å². The van der Waals surface area contributed by atoms with Crippen LogP contribution in [0, 0.1) is 32.6 Å². The van der Waals surface area contributed by atoms with Gasteiger partial charge in [0, 0.05) is 57.0 Å². The molecule has 148 valence electrons. The molecule has 0 bridgehead atoms. The highest BCUT2D eigenvalue weighted by molar-refractivity contribution is 5.75. The van der Waals surface area contributed by atoms with Crippen LogP contribution in [0.4, 0.5) is 10.7 Å². The van der Waals surface area contributed by atoms with Gasteiger partial charge in [-0.05, 0) is 38.0 Å². The standard InChI is InChI=1S/C22H29N5O/c1-14-8-6-7-9-18(14)20-19-13-26(21-23-15(2)10-16(3)24-21)11-17(19)12-27(20)22(28)25(4)5/h6-10,17,19-20H,11-13H2,1-5H3/t17-,19-,20+/m1/s1. The molecule has 2 fully saturated rings. The lowest BCUT2D eigenvalue weighted by molar-refractivity contribution is 0.159. The zero-order valence-electron chi connectivity index (χ0n) is 17.4. The van der Waals surface area contributed by atoms with Crippen molar-refractivity contribution >= 4 is 12.0 Å². The van der Waals surface area contributed by atoms with Crippen LogP contribution in [0.2, 0.25) is 0 Å². The van der Waals surface area contributed by atoms with E-state index in [1.165, 1.54) is 11.1 Å². The van der Waals surface area contributed by atoms with Crippen LogP contribution in [-0.4, -0.2) is 59.5 Å². The molecule has 1 aromatic carbocycles. The minimum absolute atomic E-state index is 0.0943. The zero-order valence-corrected chi connectivity index (χ0v) is 17.4. The maximum Gasteiger partial charge on any atom is 0.320 e. The van der Waals surface area contributed by atoms with E-state index in [1.54, 1.807) is 4.90 Å². The summed E-state index contributed by atoms with van der Waals surface area (Å²) in [7, 11) is 3.67. The van der Waals surface area contributed by atoms with Gasteiger partial charge < -0.3 is 14.7 Å². The lowest BCUT2D eigenvalue weighted by atomic mass is 9.88. The van der Waals surface area contributed by atoms with Crippen LogP contribution in [-0.2, 0) is 0 Å². The van der Waals surface area contributed by atoms with Crippen molar-refractivity contribution in [3.05, 3.63) is 52.8 Å². The fourth-order valence-electron chi connectivity index (χ4n) is 4.83. The van der Waals surface area contributed by atoms with Crippen molar-refractivity contribution in [2.75, 3.05) is 38.6 Å². The van der Waals surface area contributed by atoms with Gasteiger partial charge in [-0.3, -0.25) is 0 Å². The molecule has 0 spiro atoms. The maximum absolute atomic E-state index is 12.9. The Kier molecular flexibility index (Phi) is 4.73. The van der Waals surface area contributed by atoms with Gasteiger partial charge in [-0.1, -0.05) is 24.3 Å². The molecule has 3 atom stereocenters. The number of carbonyl (C=O) groups excluding carboxylic acids is 1. The molecule has 2 aliphatic rings. The summed E-state index contributed by atoms with van der Waals surface area (Å²) in [5, 5.41) is 0. The van der Waals surface area contributed by atoms with Gasteiger partial charge in [0.15, 0.2) is 0 Å². The number of likely N-dealkylation sites (tertiary alicyclic amines) is 1. The van der Waals surface area contributed by atoms with E-state index in [-0.39, 0.29) is 12.1 Å². The van der Waals surface area contributed by atoms with Crippen LogP contribution >= 0.6 is 0 Å². The summed E-state index contributed by atoms with van der Waals surface area (Å²) in [5.74, 6) is 1.63. The molecule has 6 nitrogen and oxygen atoms in total. The third-order valence-corrected chi connectivity index (χ3v) is 6.05. The molecule has 3 heterocycles. The lowest BCUT2D eigenvalue weighted by Gasteiger charge is -2.32. The summed E-state index contributed by atoms with van der Waals surface area (Å²) in [5.41, 5.74) is 4.50. The van der Waals surface area contributed by atoms with Gasteiger partial charge in [0.1, 0.15) is 0 Å². The van der Waals surface area contributed by atoms with E-state index in [4.69, 9.17) is 0 Å². The molecule has 2 aliphatic heterocycles. The lowest BCUT2D eigenvalue weighted by Crippen LogP contribution is -2.41. The topological polar surface area (TPSA) is 52.6 Å². The Bertz CT molecular complexity index is 876. The monoisotopic (exact) mass is 379 g/mol. The quantitative estimate of drug-likeness (QED) is 0.804. The van der Waals surface area contributed by atoms with Gasteiger partial charge in [0.2, 0.25) is 5.95 Å². The fraction of sp³-hybridized carbons (Fsp3) is 0.500. The number of rotatable bonds is 2. The number of fused-ring (bicyclic) bond motifs is 1. The van der Waals surface area contributed by atoms with Crippen molar-refractivity contribution < 1.29 is 4.79 Å². The minimum Gasteiger partial charge on any atom is -0.340 e. The van der Waals surface area contributed by atoms with Crippen molar-refractivity contribution in [2.45, 2.75) is 26.8 Å². The molecular weight excluding hydrogens is 350 g/mol. The zero-order chi connectivity index (χ0) is 20.0. The normalized spacial score (nSPS) is 23.8. The Balaban J connectivity index is 1.67. The van der Waals surface area contributed by atoms with Crippen LogP contribution in [0.3, 0.4) is 0 Å². The summed E-state index contributed by atoms with van der Waals surface area (Å²) in [6, 6.07) is 10.7. The van der Waals surface area contributed by atoms with Gasteiger partial charge in [0.25, 0.3) is 0 Å².